The molecule has 0 fully saturated rings. The number of benzene rings is 1. The maximum atomic E-state index is 11.0. The van der Waals surface area contributed by atoms with Gasteiger partial charge in [-0.1, -0.05) is 30.3 Å². The molecule has 66 valence electrons. The third-order valence-corrected chi connectivity index (χ3v) is 1.43. The molecule has 0 radical (unpaired) electrons. The van der Waals surface area contributed by atoms with Crippen LogP contribution in [0.15, 0.2) is 30.3 Å². The molecule has 0 aromatic heterocycles. The van der Waals surface area contributed by atoms with E-state index in [0.29, 0.717) is 0 Å². The molecule has 0 saturated carbocycles. The Bertz CT molecular complexity index is 353. The highest BCUT2D eigenvalue weighted by molar-refractivity contribution is 6.64. The standard InChI is InChI=1S/C9H6O4/c10-7(8(11)9(12)13)6-4-2-1-3-5-6/h1-5H,(H,12,13)/p-1. The van der Waals surface area contributed by atoms with Gasteiger partial charge in [-0.2, -0.15) is 0 Å². The quantitative estimate of drug-likeness (QED) is 0.343. The van der Waals surface area contributed by atoms with Gasteiger partial charge >= 0.3 is 0 Å². The molecule has 0 saturated heterocycles. The van der Waals surface area contributed by atoms with Crippen molar-refractivity contribution in [2.24, 2.45) is 0 Å². The number of carbonyl (C=O) groups is 3. The van der Waals surface area contributed by atoms with E-state index < -0.39 is 17.5 Å². The Morgan fingerprint density at radius 2 is 1.54 bits per heavy atom. The Morgan fingerprint density at radius 3 is 2.00 bits per heavy atom. The summed E-state index contributed by atoms with van der Waals surface area (Å²) in [5, 5.41) is 10.0. The molecule has 0 heterocycles. The fraction of sp³-hybridized carbons (Fsp3) is 0. The summed E-state index contributed by atoms with van der Waals surface area (Å²) in [5.41, 5.74) is 0.0525. The first-order valence-electron chi connectivity index (χ1n) is 3.48. The smallest absolute Gasteiger partial charge is 0.248 e. The van der Waals surface area contributed by atoms with Gasteiger partial charge in [0.2, 0.25) is 11.6 Å². The first-order chi connectivity index (χ1) is 6.13. The topological polar surface area (TPSA) is 74.3 Å². The average Bonchev–Trinajstić information content (AvgIpc) is 2.17. The molecule has 1 aromatic carbocycles. The van der Waals surface area contributed by atoms with Crippen LogP contribution in [0.4, 0.5) is 0 Å². The van der Waals surface area contributed by atoms with E-state index in [9.17, 15) is 19.5 Å². The van der Waals surface area contributed by atoms with E-state index in [-0.39, 0.29) is 5.56 Å². The summed E-state index contributed by atoms with van der Waals surface area (Å²) in [5.74, 6) is -4.55. The van der Waals surface area contributed by atoms with E-state index >= 15 is 0 Å². The number of hydrogen-bond acceptors (Lipinski definition) is 4. The zero-order chi connectivity index (χ0) is 9.84. The van der Waals surface area contributed by atoms with Gasteiger partial charge < -0.3 is 9.90 Å². The molecule has 0 aliphatic heterocycles. The Hall–Kier alpha value is -1.97. The van der Waals surface area contributed by atoms with Crippen LogP contribution < -0.4 is 5.11 Å². The van der Waals surface area contributed by atoms with Crippen molar-refractivity contribution in [3.05, 3.63) is 35.9 Å². The molecule has 0 unspecified atom stereocenters. The molecule has 1 aromatic rings. The van der Waals surface area contributed by atoms with Gasteiger partial charge in [-0.3, -0.25) is 9.59 Å². The SMILES string of the molecule is O=C([O-])C(=O)C(=O)c1ccccc1. The van der Waals surface area contributed by atoms with Crippen molar-refractivity contribution in [3.8, 4) is 0 Å². The molecular formula is C9H5O4-. The average molecular weight is 177 g/mol. The van der Waals surface area contributed by atoms with E-state index in [0.717, 1.165) is 0 Å². The highest BCUT2D eigenvalue weighted by atomic mass is 16.4. The second-order valence-electron chi connectivity index (χ2n) is 2.31. The molecular weight excluding hydrogens is 172 g/mol. The number of carbonyl (C=O) groups excluding carboxylic acids is 3. The maximum Gasteiger partial charge on any atom is 0.248 e. The second kappa shape index (κ2) is 3.62. The summed E-state index contributed by atoms with van der Waals surface area (Å²) < 4.78 is 0. The molecule has 1 rings (SSSR count). The number of hydrogen-bond donors (Lipinski definition) is 0. The molecule has 0 amide bonds. The molecule has 4 heteroatoms. The zero-order valence-corrected chi connectivity index (χ0v) is 6.52. The Morgan fingerprint density at radius 1 is 1.00 bits per heavy atom. The molecule has 0 aliphatic rings. The van der Waals surface area contributed by atoms with Crippen molar-refractivity contribution in [1.82, 2.24) is 0 Å². The Balaban J connectivity index is 2.93. The first kappa shape index (κ1) is 9.12. The second-order valence-corrected chi connectivity index (χ2v) is 2.31. The normalized spacial score (nSPS) is 9.23. The van der Waals surface area contributed by atoms with Crippen LogP contribution in [0.5, 0.6) is 0 Å². The molecule has 4 nitrogen and oxygen atoms in total. The summed E-state index contributed by atoms with van der Waals surface area (Å²) in [4.78, 5) is 31.7. The number of ketones is 2. The van der Waals surface area contributed by atoms with Crippen LogP contribution in [-0.2, 0) is 9.59 Å². The highest BCUT2D eigenvalue weighted by Crippen LogP contribution is 1.99. The lowest BCUT2D eigenvalue weighted by Gasteiger charge is -1.99. The maximum absolute atomic E-state index is 11.0. The van der Waals surface area contributed by atoms with Crippen molar-refractivity contribution in [2.45, 2.75) is 0 Å². The van der Waals surface area contributed by atoms with E-state index in [1.807, 2.05) is 0 Å². The van der Waals surface area contributed by atoms with Crippen LogP contribution in [0.3, 0.4) is 0 Å². The van der Waals surface area contributed by atoms with E-state index in [1.54, 1.807) is 6.07 Å². The fourth-order valence-corrected chi connectivity index (χ4v) is 0.813. The van der Waals surface area contributed by atoms with Crippen molar-refractivity contribution < 1.29 is 19.5 Å². The predicted octanol–water partition coefficient (Wildman–Crippen LogP) is -0.812. The van der Waals surface area contributed by atoms with Crippen LogP contribution in [0, 0.1) is 0 Å². The van der Waals surface area contributed by atoms with Crippen LogP contribution in [-0.4, -0.2) is 17.5 Å². The molecule has 0 spiro atoms. The van der Waals surface area contributed by atoms with Crippen molar-refractivity contribution in [3.63, 3.8) is 0 Å². The van der Waals surface area contributed by atoms with Gasteiger partial charge in [0, 0.05) is 5.56 Å². The predicted molar refractivity (Wildman–Crippen MR) is 40.8 cm³/mol. The fourth-order valence-electron chi connectivity index (χ4n) is 0.813. The first-order valence-corrected chi connectivity index (χ1v) is 3.48. The van der Waals surface area contributed by atoms with Gasteiger partial charge in [-0.05, 0) is 0 Å². The lowest BCUT2D eigenvalue weighted by atomic mass is 10.1. The van der Waals surface area contributed by atoms with Crippen LogP contribution in [0.2, 0.25) is 0 Å². The summed E-state index contributed by atoms with van der Waals surface area (Å²) in [6.07, 6.45) is 0. The lowest BCUT2D eigenvalue weighted by molar-refractivity contribution is -0.299. The third-order valence-electron chi connectivity index (χ3n) is 1.43. The third kappa shape index (κ3) is 1.99. The number of Topliss-reactive ketones (excluding diaryl/α,β-unsaturated/α-hetero) is 2. The van der Waals surface area contributed by atoms with Crippen molar-refractivity contribution in [1.29, 1.82) is 0 Å². The molecule has 0 bridgehead atoms. The van der Waals surface area contributed by atoms with Crippen molar-refractivity contribution >= 4 is 17.5 Å². The molecule has 0 atom stereocenters. The van der Waals surface area contributed by atoms with Crippen molar-refractivity contribution in [2.75, 3.05) is 0 Å². The Kier molecular flexibility index (Phi) is 2.54. The summed E-state index contributed by atoms with van der Waals surface area (Å²) >= 11 is 0. The van der Waals surface area contributed by atoms with Crippen LogP contribution in [0.25, 0.3) is 0 Å². The van der Waals surface area contributed by atoms with E-state index in [2.05, 4.69) is 0 Å². The van der Waals surface area contributed by atoms with Gasteiger partial charge in [0.25, 0.3) is 0 Å². The molecule has 0 aliphatic carbocycles. The minimum atomic E-state index is -1.98. The highest BCUT2D eigenvalue weighted by Gasteiger charge is 2.15. The molecule has 0 N–H and O–H groups in total. The zero-order valence-electron chi connectivity index (χ0n) is 6.52. The summed E-state index contributed by atoms with van der Waals surface area (Å²) in [7, 11) is 0. The summed E-state index contributed by atoms with van der Waals surface area (Å²) in [6, 6.07) is 7.46. The van der Waals surface area contributed by atoms with E-state index in [1.165, 1.54) is 24.3 Å². The largest absolute Gasteiger partial charge is 0.541 e. The van der Waals surface area contributed by atoms with Gasteiger partial charge in [-0.25, -0.2) is 0 Å². The van der Waals surface area contributed by atoms with Crippen LogP contribution in [0.1, 0.15) is 10.4 Å². The minimum absolute atomic E-state index is 0.0525. The van der Waals surface area contributed by atoms with Gasteiger partial charge in [0.05, 0.1) is 0 Å². The van der Waals surface area contributed by atoms with Gasteiger partial charge in [-0.15, -0.1) is 0 Å². The van der Waals surface area contributed by atoms with Crippen LogP contribution >= 0.6 is 0 Å². The minimum Gasteiger partial charge on any atom is -0.541 e. The Labute approximate surface area is 73.8 Å². The monoisotopic (exact) mass is 177 g/mol. The number of carboxylic acid groups (broad SMARTS) is 1. The molecule has 13 heavy (non-hydrogen) atoms. The number of carboxylic acids is 1. The number of rotatable bonds is 3. The van der Waals surface area contributed by atoms with E-state index in [4.69, 9.17) is 0 Å². The van der Waals surface area contributed by atoms with Gasteiger partial charge in [0.15, 0.2) is 0 Å². The van der Waals surface area contributed by atoms with Gasteiger partial charge in [0.1, 0.15) is 5.97 Å². The summed E-state index contributed by atoms with van der Waals surface area (Å²) in [6.45, 7) is 0. The number of aliphatic carboxylic acids is 1. The lowest BCUT2D eigenvalue weighted by Crippen LogP contribution is -2.36.